The highest BCUT2D eigenvalue weighted by Gasteiger charge is 2.25. The zero-order chi connectivity index (χ0) is 24.7. The molecule has 0 radical (unpaired) electrons. The van der Waals surface area contributed by atoms with E-state index in [4.69, 9.17) is 21.3 Å². The van der Waals surface area contributed by atoms with E-state index in [9.17, 15) is 4.79 Å². The molecule has 5 nitrogen and oxygen atoms in total. The van der Waals surface area contributed by atoms with Crippen molar-refractivity contribution in [2.75, 3.05) is 44.3 Å². The van der Waals surface area contributed by atoms with Crippen LogP contribution in [-0.2, 0) is 9.53 Å². The summed E-state index contributed by atoms with van der Waals surface area (Å²) in [4.78, 5) is 23.1. The molecule has 0 bridgehead atoms. The second-order valence-corrected chi connectivity index (χ2v) is 10.5. The third-order valence-electron chi connectivity index (χ3n) is 6.61. The van der Waals surface area contributed by atoms with E-state index in [1.165, 1.54) is 11.3 Å². The first kappa shape index (κ1) is 24.9. The van der Waals surface area contributed by atoms with Gasteiger partial charge in [-0.1, -0.05) is 83.6 Å². The van der Waals surface area contributed by atoms with E-state index in [1.54, 1.807) is 0 Å². The van der Waals surface area contributed by atoms with Gasteiger partial charge in [0.2, 0.25) is 5.91 Å². The van der Waals surface area contributed by atoms with Crippen LogP contribution in [0.1, 0.15) is 29.9 Å². The Morgan fingerprint density at radius 2 is 1.67 bits per heavy atom. The molecule has 0 N–H and O–H groups in total. The van der Waals surface area contributed by atoms with Crippen molar-refractivity contribution in [3.05, 3.63) is 95.0 Å². The number of anilines is 1. The largest absolute Gasteiger partial charge is 0.379 e. The number of halogens is 1. The number of thiazole rings is 1. The number of benzene rings is 3. The maximum atomic E-state index is 14.0. The van der Waals surface area contributed by atoms with Gasteiger partial charge in [0.25, 0.3) is 0 Å². The number of rotatable bonds is 9. The number of fused-ring (bicyclic) bond motifs is 1. The van der Waals surface area contributed by atoms with Crippen molar-refractivity contribution in [1.29, 1.82) is 0 Å². The van der Waals surface area contributed by atoms with Crippen molar-refractivity contribution in [3.63, 3.8) is 0 Å². The quantitative estimate of drug-likeness (QED) is 0.263. The Morgan fingerprint density at radius 1 is 1.00 bits per heavy atom. The van der Waals surface area contributed by atoms with E-state index in [2.05, 4.69) is 29.2 Å². The van der Waals surface area contributed by atoms with Gasteiger partial charge in [0, 0.05) is 43.5 Å². The lowest BCUT2D eigenvalue weighted by Crippen LogP contribution is -2.39. The Bertz CT molecular complexity index is 1240. The van der Waals surface area contributed by atoms with E-state index in [1.807, 2.05) is 59.5 Å². The lowest BCUT2D eigenvalue weighted by atomic mass is 9.88. The number of hydrogen-bond acceptors (Lipinski definition) is 5. The Hall–Kier alpha value is -2.77. The number of ether oxygens (including phenoxy) is 1. The minimum Gasteiger partial charge on any atom is -0.379 e. The first-order chi connectivity index (χ1) is 17.7. The van der Waals surface area contributed by atoms with Gasteiger partial charge < -0.3 is 4.74 Å². The van der Waals surface area contributed by atoms with Crippen molar-refractivity contribution < 1.29 is 9.53 Å². The van der Waals surface area contributed by atoms with Crippen LogP contribution in [0.15, 0.2) is 78.9 Å². The highest BCUT2D eigenvalue weighted by Crippen LogP contribution is 2.34. The average molecular weight is 520 g/mol. The topological polar surface area (TPSA) is 45.7 Å². The number of nitrogens with zero attached hydrogens (tertiary/aromatic N) is 3. The molecule has 1 aliphatic heterocycles. The summed E-state index contributed by atoms with van der Waals surface area (Å²) >= 11 is 7.76. The summed E-state index contributed by atoms with van der Waals surface area (Å²) in [5, 5.41) is 1.41. The number of amides is 1. The van der Waals surface area contributed by atoms with Crippen LogP contribution in [0, 0.1) is 0 Å². The molecular formula is C29H30ClN3O2S. The number of carbonyl (C=O) groups excluding carboxylic acids is 1. The highest BCUT2D eigenvalue weighted by atomic mass is 35.5. The SMILES string of the molecule is O=C(CC(c1ccccc1)c1ccccc1)N(CCCN1CCOCC1)c1nc2ccc(Cl)cc2s1. The number of carbonyl (C=O) groups is 1. The minimum absolute atomic E-state index is 0.0227. The maximum absolute atomic E-state index is 14.0. The zero-order valence-electron chi connectivity index (χ0n) is 20.2. The van der Waals surface area contributed by atoms with Gasteiger partial charge in [-0.2, -0.15) is 0 Å². The van der Waals surface area contributed by atoms with Gasteiger partial charge in [0.1, 0.15) is 0 Å². The monoisotopic (exact) mass is 519 g/mol. The third kappa shape index (κ3) is 6.13. The van der Waals surface area contributed by atoms with Crippen LogP contribution < -0.4 is 4.90 Å². The molecule has 1 aliphatic rings. The predicted octanol–water partition coefficient (Wildman–Crippen LogP) is 6.23. The van der Waals surface area contributed by atoms with Gasteiger partial charge in [0.15, 0.2) is 5.13 Å². The van der Waals surface area contributed by atoms with Crippen LogP contribution >= 0.6 is 22.9 Å². The highest BCUT2D eigenvalue weighted by molar-refractivity contribution is 7.22. The molecule has 3 aromatic carbocycles. The van der Waals surface area contributed by atoms with Crippen LogP contribution in [0.4, 0.5) is 5.13 Å². The molecule has 4 aromatic rings. The Labute approximate surface area is 221 Å². The van der Waals surface area contributed by atoms with E-state index >= 15 is 0 Å². The molecular weight excluding hydrogens is 490 g/mol. The molecule has 0 unspecified atom stereocenters. The molecule has 7 heteroatoms. The fraction of sp³-hybridized carbons (Fsp3) is 0.310. The Morgan fingerprint density at radius 3 is 2.33 bits per heavy atom. The summed E-state index contributed by atoms with van der Waals surface area (Å²) < 4.78 is 6.47. The molecule has 0 saturated carbocycles. The smallest absolute Gasteiger partial charge is 0.229 e. The average Bonchev–Trinajstić information content (AvgIpc) is 3.34. The molecule has 36 heavy (non-hydrogen) atoms. The summed E-state index contributed by atoms with van der Waals surface area (Å²) in [6, 6.07) is 26.3. The fourth-order valence-corrected chi connectivity index (χ4v) is 5.97. The molecule has 1 aromatic heterocycles. The van der Waals surface area contributed by atoms with E-state index in [0.717, 1.165) is 65.7 Å². The summed E-state index contributed by atoms with van der Waals surface area (Å²) in [6.45, 7) is 4.99. The molecule has 1 amide bonds. The van der Waals surface area contributed by atoms with Crippen molar-refractivity contribution in [3.8, 4) is 0 Å². The zero-order valence-corrected chi connectivity index (χ0v) is 21.8. The summed E-state index contributed by atoms with van der Waals surface area (Å²) in [5.74, 6) is 0.0605. The van der Waals surface area contributed by atoms with Gasteiger partial charge in [-0.3, -0.25) is 14.6 Å². The Kier molecular flexibility index (Phi) is 8.29. The van der Waals surface area contributed by atoms with Crippen LogP contribution in [-0.4, -0.2) is 55.2 Å². The van der Waals surface area contributed by atoms with Crippen LogP contribution in [0.3, 0.4) is 0 Å². The lowest BCUT2D eigenvalue weighted by Gasteiger charge is -2.28. The van der Waals surface area contributed by atoms with Crippen LogP contribution in [0.25, 0.3) is 10.2 Å². The van der Waals surface area contributed by atoms with E-state index in [0.29, 0.717) is 18.0 Å². The number of hydrogen-bond donors (Lipinski definition) is 0. The van der Waals surface area contributed by atoms with Crippen molar-refractivity contribution in [2.45, 2.75) is 18.8 Å². The van der Waals surface area contributed by atoms with Crippen LogP contribution in [0.5, 0.6) is 0 Å². The molecule has 0 aliphatic carbocycles. The number of aromatic nitrogens is 1. The van der Waals surface area contributed by atoms with Gasteiger partial charge in [-0.25, -0.2) is 4.98 Å². The molecule has 1 fully saturated rings. The minimum atomic E-state index is -0.0227. The lowest BCUT2D eigenvalue weighted by molar-refractivity contribution is -0.118. The fourth-order valence-electron chi connectivity index (χ4n) is 4.69. The third-order valence-corrected chi connectivity index (χ3v) is 7.89. The van der Waals surface area contributed by atoms with Gasteiger partial charge in [0.05, 0.1) is 23.4 Å². The van der Waals surface area contributed by atoms with E-state index < -0.39 is 0 Å². The van der Waals surface area contributed by atoms with Gasteiger partial charge >= 0.3 is 0 Å². The summed E-state index contributed by atoms with van der Waals surface area (Å²) in [6.07, 6.45) is 1.26. The van der Waals surface area contributed by atoms with Crippen molar-refractivity contribution in [1.82, 2.24) is 9.88 Å². The molecule has 0 atom stereocenters. The molecule has 5 rings (SSSR count). The van der Waals surface area contributed by atoms with Gasteiger partial charge in [-0.05, 0) is 35.7 Å². The second-order valence-electron chi connectivity index (χ2n) is 9.04. The molecule has 0 spiro atoms. The molecule has 1 saturated heterocycles. The summed E-state index contributed by atoms with van der Waals surface area (Å²) in [5.41, 5.74) is 3.15. The first-order valence-corrected chi connectivity index (χ1v) is 13.6. The van der Waals surface area contributed by atoms with Gasteiger partial charge in [-0.15, -0.1) is 0 Å². The van der Waals surface area contributed by atoms with E-state index in [-0.39, 0.29) is 11.8 Å². The standard InChI is InChI=1S/C29H30ClN3O2S/c30-24-12-13-26-27(20-24)36-29(31-26)33(15-7-14-32-16-18-35-19-17-32)28(34)21-25(22-8-3-1-4-9-22)23-10-5-2-6-11-23/h1-6,8-13,20,25H,7,14-19,21H2. The second kappa shape index (κ2) is 12.0. The number of morpholine rings is 1. The summed E-state index contributed by atoms with van der Waals surface area (Å²) in [7, 11) is 0. The first-order valence-electron chi connectivity index (χ1n) is 12.4. The van der Waals surface area contributed by atoms with Crippen molar-refractivity contribution >= 4 is 44.2 Å². The van der Waals surface area contributed by atoms with Crippen molar-refractivity contribution in [2.24, 2.45) is 0 Å². The molecule has 186 valence electrons. The maximum Gasteiger partial charge on any atom is 0.229 e. The predicted molar refractivity (Wildman–Crippen MR) is 148 cm³/mol. The Balaban J connectivity index is 1.40. The van der Waals surface area contributed by atoms with Crippen LogP contribution in [0.2, 0.25) is 5.02 Å². The normalized spacial score (nSPS) is 14.4. The molecule has 2 heterocycles.